The molecule has 1 N–H and O–H groups in total. The molecule has 0 aromatic heterocycles. The number of hydrogen-bond donors (Lipinski definition) is 1. The molecule has 0 aliphatic carbocycles. The summed E-state index contributed by atoms with van der Waals surface area (Å²) < 4.78 is 0. The van der Waals surface area contributed by atoms with Crippen LogP contribution in [-0.4, -0.2) is 11.7 Å². The number of phenolic OH excluding ortho intramolecular Hbond substituents is 1. The van der Waals surface area contributed by atoms with Gasteiger partial charge in [0.1, 0.15) is 5.75 Å². The van der Waals surface area contributed by atoms with E-state index in [1.54, 1.807) is 6.07 Å². The Morgan fingerprint density at radius 3 is 2.44 bits per heavy atom. The van der Waals surface area contributed by atoms with Crippen LogP contribution in [0.3, 0.4) is 0 Å². The summed E-state index contributed by atoms with van der Waals surface area (Å²) in [7, 11) is 0. The average molecular weight is 239 g/mol. The van der Waals surface area contributed by atoms with Crippen molar-refractivity contribution in [1.82, 2.24) is 0 Å². The van der Waals surface area contributed by atoms with Crippen LogP contribution in [0.4, 0.5) is 5.69 Å². The normalized spacial score (nSPS) is 19.1. The van der Waals surface area contributed by atoms with Crippen LogP contribution in [0.1, 0.15) is 24.4 Å². The largest absolute Gasteiger partial charge is 0.506 e. The first-order valence-corrected chi connectivity index (χ1v) is 6.46. The second kappa shape index (κ2) is 4.73. The number of phenols is 1. The SMILES string of the molecule is Oc1ccccc1N1CCCC1c1ccccc1. The van der Waals surface area contributed by atoms with E-state index in [-0.39, 0.29) is 0 Å². The molecule has 0 amide bonds. The molecule has 2 heteroatoms. The summed E-state index contributed by atoms with van der Waals surface area (Å²) in [6.07, 6.45) is 2.33. The lowest BCUT2D eigenvalue weighted by Gasteiger charge is -2.27. The molecule has 1 saturated heterocycles. The van der Waals surface area contributed by atoms with Crippen molar-refractivity contribution in [3.8, 4) is 5.75 Å². The first-order chi connectivity index (χ1) is 8.86. The summed E-state index contributed by atoms with van der Waals surface area (Å²) >= 11 is 0. The number of rotatable bonds is 2. The van der Waals surface area contributed by atoms with E-state index in [9.17, 15) is 5.11 Å². The van der Waals surface area contributed by atoms with Crippen molar-refractivity contribution in [2.24, 2.45) is 0 Å². The van der Waals surface area contributed by atoms with Crippen LogP contribution >= 0.6 is 0 Å². The van der Waals surface area contributed by atoms with Crippen LogP contribution in [0.25, 0.3) is 0 Å². The molecule has 0 saturated carbocycles. The number of anilines is 1. The highest BCUT2D eigenvalue weighted by Crippen LogP contribution is 2.39. The van der Waals surface area contributed by atoms with Gasteiger partial charge < -0.3 is 10.0 Å². The summed E-state index contributed by atoms with van der Waals surface area (Å²) in [6.45, 7) is 1.01. The Balaban J connectivity index is 1.95. The van der Waals surface area contributed by atoms with Gasteiger partial charge in [-0.05, 0) is 30.5 Å². The zero-order valence-electron chi connectivity index (χ0n) is 10.3. The summed E-state index contributed by atoms with van der Waals surface area (Å²) in [5.41, 5.74) is 2.28. The highest BCUT2D eigenvalue weighted by molar-refractivity contribution is 5.59. The van der Waals surface area contributed by atoms with Gasteiger partial charge in [-0.15, -0.1) is 0 Å². The second-order valence-corrected chi connectivity index (χ2v) is 4.75. The highest BCUT2D eigenvalue weighted by Gasteiger charge is 2.27. The Morgan fingerprint density at radius 1 is 0.944 bits per heavy atom. The van der Waals surface area contributed by atoms with Gasteiger partial charge in [0, 0.05) is 6.54 Å². The van der Waals surface area contributed by atoms with Crippen LogP contribution in [0.5, 0.6) is 5.75 Å². The lowest BCUT2D eigenvalue weighted by Crippen LogP contribution is -2.22. The van der Waals surface area contributed by atoms with E-state index >= 15 is 0 Å². The van der Waals surface area contributed by atoms with Crippen molar-refractivity contribution in [3.05, 3.63) is 60.2 Å². The third kappa shape index (κ3) is 1.94. The predicted octanol–water partition coefficient (Wildman–Crippen LogP) is 3.73. The van der Waals surface area contributed by atoms with Gasteiger partial charge in [0.15, 0.2) is 0 Å². The summed E-state index contributed by atoms with van der Waals surface area (Å²) in [4.78, 5) is 2.31. The minimum Gasteiger partial charge on any atom is -0.506 e. The molecule has 2 aromatic rings. The minimum absolute atomic E-state index is 0.375. The molecule has 1 atom stereocenters. The third-order valence-electron chi connectivity index (χ3n) is 3.63. The van der Waals surface area contributed by atoms with E-state index in [0.717, 1.165) is 18.7 Å². The molecule has 1 aliphatic rings. The molecule has 0 spiro atoms. The Bertz CT molecular complexity index is 524. The fourth-order valence-electron chi connectivity index (χ4n) is 2.78. The number of nitrogens with zero attached hydrogens (tertiary/aromatic N) is 1. The van der Waals surface area contributed by atoms with Crippen LogP contribution in [0, 0.1) is 0 Å². The molecule has 1 unspecified atom stereocenters. The molecule has 1 heterocycles. The summed E-state index contributed by atoms with van der Waals surface area (Å²) in [6, 6.07) is 18.5. The summed E-state index contributed by atoms with van der Waals surface area (Å²) in [5, 5.41) is 9.99. The molecule has 1 fully saturated rings. The van der Waals surface area contributed by atoms with E-state index in [4.69, 9.17) is 0 Å². The van der Waals surface area contributed by atoms with E-state index in [1.807, 2.05) is 24.3 Å². The van der Waals surface area contributed by atoms with Gasteiger partial charge in [0.2, 0.25) is 0 Å². The van der Waals surface area contributed by atoms with Crippen molar-refractivity contribution in [3.63, 3.8) is 0 Å². The van der Waals surface area contributed by atoms with E-state index in [1.165, 1.54) is 12.0 Å². The standard InChI is InChI=1S/C16H17NO/c18-16-11-5-4-9-15(16)17-12-6-10-14(17)13-7-2-1-3-8-13/h1-5,7-9,11,14,18H,6,10,12H2. The number of hydrogen-bond acceptors (Lipinski definition) is 2. The van der Waals surface area contributed by atoms with Crippen molar-refractivity contribution in [1.29, 1.82) is 0 Å². The van der Waals surface area contributed by atoms with Crippen LogP contribution in [0.2, 0.25) is 0 Å². The Kier molecular flexibility index (Phi) is 2.93. The first kappa shape index (κ1) is 11.1. The molecule has 0 radical (unpaired) electrons. The second-order valence-electron chi connectivity index (χ2n) is 4.75. The molecular weight excluding hydrogens is 222 g/mol. The molecule has 2 nitrogen and oxygen atoms in total. The zero-order valence-corrected chi connectivity index (χ0v) is 10.3. The predicted molar refractivity (Wildman–Crippen MR) is 73.9 cm³/mol. The summed E-state index contributed by atoms with van der Waals surface area (Å²) in [5.74, 6) is 0.375. The quantitative estimate of drug-likeness (QED) is 0.863. The Morgan fingerprint density at radius 2 is 1.67 bits per heavy atom. The van der Waals surface area contributed by atoms with Gasteiger partial charge >= 0.3 is 0 Å². The van der Waals surface area contributed by atoms with E-state index in [0.29, 0.717) is 11.8 Å². The smallest absolute Gasteiger partial charge is 0.138 e. The highest BCUT2D eigenvalue weighted by atomic mass is 16.3. The van der Waals surface area contributed by atoms with Crippen LogP contribution in [0.15, 0.2) is 54.6 Å². The number of benzene rings is 2. The minimum atomic E-state index is 0.375. The van der Waals surface area contributed by atoms with E-state index in [2.05, 4.69) is 29.2 Å². The van der Waals surface area contributed by atoms with Crippen molar-refractivity contribution < 1.29 is 5.11 Å². The monoisotopic (exact) mass is 239 g/mol. The van der Waals surface area contributed by atoms with Gasteiger partial charge in [-0.25, -0.2) is 0 Å². The fourth-order valence-corrected chi connectivity index (χ4v) is 2.78. The maximum absolute atomic E-state index is 9.99. The number of aromatic hydroxyl groups is 1. The molecule has 18 heavy (non-hydrogen) atoms. The zero-order chi connectivity index (χ0) is 12.4. The Hall–Kier alpha value is -1.96. The van der Waals surface area contributed by atoms with Crippen LogP contribution < -0.4 is 4.90 Å². The van der Waals surface area contributed by atoms with Gasteiger partial charge in [-0.3, -0.25) is 0 Å². The van der Waals surface area contributed by atoms with Crippen molar-refractivity contribution in [2.75, 3.05) is 11.4 Å². The Labute approximate surface area is 107 Å². The first-order valence-electron chi connectivity index (χ1n) is 6.46. The third-order valence-corrected chi connectivity index (χ3v) is 3.63. The maximum atomic E-state index is 9.99. The lowest BCUT2D eigenvalue weighted by atomic mass is 10.0. The molecule has 0 bridgehead atoms. The molecule has 1 aliphatic heterocycles. The molecule has 92 valence electrons. The molecule has 2 aromatic carbocycles. The fraction of sp³-hybridized carbons (Fsp3) is 0.250. The molecular formula is C16H17NO. The molecule has 3 rings (SSSR count). The van der Waals surface area contributed by atoms with Gasteiger partial charge in [-0.1, -0.05) is 42.5 Å². The number of para-hydroxylation sites is 2. The lowest BCUT2D eigenvalue weighted by molar-refractivity contribution is 0.473. The van der Waals surface area contributed by atoms with Gasteiger partial charge in [0.05, 0.1) is 11.7 Å². The van der Waals surface area contributed by atoms with Crippen LogP contribution in [-0.2, 0) is 0 Å². The van der Waals surface area contributed by atoms with E-state index < -0.39 is 0 Å². The maximum Gasteiger partial charge on any atom is 0.138 e. The van der Waals surface area contributed by atoms with Gasteiger partial charge in [0.25, 0.3) is 0 Å². The average Bonchev–Trinajstić information content (AvgIpc) is 2.89. The van der Waals surface area contributed by atoms with Crippen molar-refractivity contribution >= 4 is 5.69 Å². The van der Waals surface area contributed by atoms with Gasteiger partial charge in [-0.2, -0.15) is 0 Å². The topological polar surface area (TPSA) is 23.5 Å². The van der Waals surface area contributed by atoms with Crippen molar-refractivity contribution in [2.45, 2.75) is 18.9 Å².